The minimum atomic E-state index is 0.0203. The van der Waals surface area contributed by atoms with Crippen LogP contribution in [0.2, 0.25) is 0 Å². The molecule has 2 aromatic heterocycles. The maximum Gasteiger partial charge on any atom is 0.140 e. The summed E-state index contributed by atoms with van der Waals surface area (Å²) in [5, 5.41) is 5.81. The monoisotopic (exact) mass is 352 g/mol. The number of anilines is 1. The number of aromatic nitrogens is 2. The molecular formula is C20H21ClN4. The standard InChI is InChI=1S/C20H21ClN4/c1-13-4-5-15(12-18(13)21)24-14-6-7-19-17(11-14)16-3-2-9-23-20(16)25(19)10-8-22/h2-7,9,11-13,18,24H,8,10,22H2,1H3. The molecule has 4 nitrogen and oxygen atoms in total. The Kier molecular flexibility index (Phi) is 4.24. The fourth-order valence-corrected chi connectivity index (χ4v) is 3.57. The van der Waals surface area contributed by atoms with Crippen LogP contribution < -0.4 is 11.1 Å². The fraction of sp³-hybridized carbons (Fsp3) is 0.250. The van der Waals surface area contributed by atoms with Crippen LogP contribution in [0.4, 0.5) is 5.69 Å². The molecule has 1 aromatic carbocycles. The minimum Gasteiger partial charge on any atom is -0.356 e. The smallest absolute Gasteiger partial charge is 0.140 e. The summed E-state index contributed by atoms with van der Waals surface area (Å²) in [4.78, 5) is 4.55. The molecule has 5 heteroatoms. The van der Waals surface area contributed by atoms with E-state index >= 15 is 0 Å². The van der Waals surface area contributed by atoms with Crippen molar-refractivity contribution < 1.29 is 0 Å². The van der Waals surface area contributed by atoms with Gasteiger partial charge < -0.3 is 15.6 Å². The molecule has 0 amide bonds. The van der Waals surface area contributed by atoms with Crippen LogP contribution in [0.5, 0.6) is 0 Å². The molecule has 25 heavy (non-hydrogen) atoms. The summed E-state index contributed by atoms with van der Waals surface area (Å²) in [6.07, 6.45) is 8.12. The topological polar surface area (TPSA) is 55.9 Å². The Labute approximate surface area is 152 Å². The Balaban J connectivity index is 1.77. The quantitative estimate of drug-likeness (QED) is 0.690. The molecule has 0 spiro atoms. The summed E-state index contributed by atoms with van der Waals surface area (Å²) in [5.74, 6) is 0.356. The van der Waals surface area contributed by atoms with Crippen LogP contribution >= 0.6 is 11.6 Å². The van der Waals surface area contributed by atoms with Crippen molar-refractivity contribution >= 4 is 39.2 Å². The van der Waals surface area contributed by atoms with Crippen LogP contribution in [0.15, 0.2) is 60.5 Å². The zero-order valence-electron chi connectivity index (χ0n) is 14.1. The molecule has 0 saturated carbocycles. The van der Waals surface area contributed by atoms with Crippen LogP contribution in [-0.4, -0.2) is 21.5 Å². The molecule has 2 heterocycles. The molecule has 2 unspecified atom stereocenters. The van der Waals surface area contributed by atoms with E-state index < -0.39 is 0 Å². The first-order valence-electron chi connectivity index (χ1n) is 8.55. The molecule has 128 valence electrons. The second-order valence-corrected chi connectivity index (χ2v) is 6.96. The van der Waals surface area contributed by atoms with E-state index in [9.17, 15) is 0 Å². The van der Waals surface area contributed by atoms with Gasteiger partial charge in [-0.3, -0.25) is 0 Å². The van der Waals surface area contributed by atoms with E-state index in [1.807, 2.05) is 12.3 Å². The van der Waals surface area contributed by atoms with E-state index in [0.717, 1.165) is 34.5 Å². The summed E-state index contributed by atoms with van der Waals surface area (Å²) >= 11 is 6.35. The molecule has 3 aromatic rings. The largest absolute Gasteiger partial charge is 0.356 e. The van der Waals surface area contributed by atoms with Gasteiger partial charge in [-0.05, 0) is 48.4 Å². The lowest BCUT2D eigenvalue weighted by atomic mass is 10.0. The normalized spacial score (nSPS) is 20.2. The van der Waals surface area contributed by atoms with E-state index in [1.54, 1.807) is 0 Å². The first-order valence-corrected chi connectivity index (χ1v) is 8.99. The van der Waals surface area contributed by atoms with Crippen molar-refractivity contribution in [3.8, 4) is 0 Å². The summed E-state index contributed by atoms with van der Waals surface area (Å²) < 4.78 is 2.19. The Morgan fingerprint density at radius 1 is 1.28 bits per heavy atom. The number of fused-ring (bicyclic) bond motifs is 3. The predicted molar refractivity (Wildman–Crippen MR) is 106 cm³/mol. The highest BCUT2D eigenvalue weighted by molar-refractivity contribution is 6.22. The highest BCUT2D eigenvalue weighted by atomic mass is 35.5. The average molecular weight is 353 g/mol. The Hall–Kier alpha value is -2.30. The molecule has 2 atom stereocenters. The fourth-order valence-electron chi connectivity index (χ4n) is 3.35. The van der Waals surface area contributed by atoms with Crippen LogP contribution in [0.1, 0.15) is 6.92 Å². The Morgan fingerprint density at radius 2 is 2.16 bits per heavy atom. The van der Waals surface area contributed by atoms with E-state index in [1.165, 1.54) is 5.39 Å². The van der Waals surface area contributed by atoms with Gasteiger partial charge in [0.25, 0.3) is 0 Å². The van der Waals surface area contributed by atoms with Crippen molar-refractivity contribution in [3.05, 3.63) is 60.5 Å². The number of alkyl halides is 1. The van der Waals surface area contributed by atoms with Crippen LogP contribution in [0.3, 0.4) is 0 Å². The van der Waals surface area contributed by atoms with Crippen molar-refractivity contribution in [2.24, 2.45) is 11.7 Å². The van der Waals surface area contributed by atoms with Gasteiger partial charge in [0.2, 0.25) is 0 Å². The molecule has 0 bridgehead atoms. The van der Waals surface area contributed by atoms with E-state index in [0.29, 0.717) is 12.5 Å². The van der Waals surface area contributed by atoms with E-state index in [4.69, 9.17) is 17.3 Å². The van der Waals surface area contributed by atoms with Crippen molar-refractivity contribution in [2.75, 3.05) is 11.9 Å². The van der Waals surface area contributed by atoms with Crippen molar-refractivity contribution in [1.82, 2.24) is 9.55 Å². The van der Waals surface area contributed by atoms with Gasteiger partial charge in [0.05, 0.1) is 10.9 Å². The predicted octanol–water partition coefficient (Wildman–Crippen LogP) is 4.26. The average Bonchev–Trinajstić information content (AvgIpc) is 2.93. The third-order valence-corrected chi connectivity index (χ3v) is 5.21. The summed E-state index contributed by atoms with van der Waals surface area (Å²) in [6, 6.07) is 10.5. The Bertz CT molecular complexity index is 986. The third kappa shape index (κ3) is 2.92. The van der Waals surface area contributed by atoms with E-state index in [-0.39, 0.29) is 5.38 Å². The molecule has 1 aliphatic rings. The van der Waals surface area contributed by atoms with Gasteiger partial charge in [0.15, 0.2) is 0 Å². The van der Waals surface area contributed by atoms with Gasteiger partial charge in [0.1, 0.15) is 5.65 Å². The number of halogens is 1. The van der Waals surface area contributed by atoms with Gasteiger partial charge in [-0.2, -0.15) is 0 Å². The van der Waals surface area contributed by atoms with Crippen molar-refractivity contribution in [2.45, 2.75) is 18.8 Å². The zero-order chi connectivity index (χ0) is 17.4. The van der Waals surface area contributed by atoms with E-state index in [2.05, 4.69) is 64.3 Å². The second-order valence-electron chi connectivity index (χ2n) is 6.46. The van der Waals surface area contributed by atoms with Crippen LogP contribution in [0.25, 0.3) is 21.9 Å². The zero-order valence-corrected chi connectivity index (χ0v) is 14.9. The molecule has 1 aliphatic carbocycles. The lowest BCUT2D eigenvalue weighted by Gasteiger charge is -2.18. The number of hydrogen-bond donors (Lipinski definition) is 2. The number of rotatable bonds is 4. The van der Waals surface area contributed by atoms with Crippen molar-refractivity contribution in [1.29, 1.82) is 0 Å². The summed E-state index contributed by atoms with van der Waals surface area (Å²) in [7, 11) is 0. The third-order valence-electron chi connectivity index (χ3n) is 4.68. The minimum absolute atomic E-state index is 0.0203. The highest BCUT2D eigenvalue weighted by Gasteiger charge is 2.15. The van der Waals surface area contributed by atoms with Crippen LogP contribution in [0, 0.1) is 5.92 Å². The number of benzene rings is 1. The highest BCUT2D eigenvalue weighted by Crippen LogP contribution is 2.31. The van der Waals surface area contributed by atoms with Crippen molar-refractivity contribution in [3.63, 3.8) is 0 Å². The maximum absolute atomic E-state index is 6.35. The van der Waals surface area contributed by atoms with Gasteiger partial charge in [-0.25, -0.2) is 4.98 Å². The maximum atomic E-state index is 6.35. The number of nitrogens with zero attached hydrogens (tertiary/aromatic N) is 2. The Morgan fingerprint density at radius 3 is 2.96 bits per heavy atom. The number of nitrogens with one attached hydrogen (secondary N) is 1. The number of allylic oxidation sites excluding steroid dienone is 3. The molecule has 4 rings (SSSR count). The SMILES string of the molecule is CC1C=CC(Nc2ccc3c(c2)c2cccnc2n3CCN)=CC1Cl. The van der Waals surface area contributed by atoms with Crippen LogP contribution in [-0.2, 0) is 6.54 Å². The van der Waals surface area contributed by atoms with Gasteiger partial charge >= 0.3 is 0 Å². The molecule has 0 fully saturated rings. The molecule has 0 saturated heterocycles. The van der Waals surface area contributed by atoms with Gasteiger partial charge in [-0.15, -0.1) is 11.6 Å². The molecular weight excluding hydrogens is 332 g/mol. The first-order chi connectivity index (χ1) is 12.2. The molecule has 3 N–H and O–H groups in total. The number of nitrogens with two attached hydrogens (primary N) is 1. The number of hydrogen-bond acceptors (Lipinski definition) is 3. The van der Waals surface area contributed by atoms with Gasteiger partial charge in [-0.1, -0.05) is 13.0 Å². The lowest BCUT2D eigenvalue weighted by Crippen LogP contribution is -2.13. The lowest BCUT2D eigenvalue weighted by molar-refractivity contribution is 0.739. The van der Waals surface area contributed by atoms with Gasteiger partial charge in [0, 0.05) is 41.4 Å². The first kappa shape index (κ1) is 16.2. The summed E-state index contributed by atoms with van der Waals surface area (Å²) in [5.41, 5.74) is 9.99. The summed E-state index contributed by atoms with van der Waals surface area (Å²) in [6.45, 7) is 3.46. The molecule has 0 radical (unpaired) electrons. The second kappa shape index (κ2) is 6.54. The number of pyridine rings is 1. The molecule has 0 aliphatic heterocycles.